The van der Waals surface area contributed by atoms with E-state index in [-0.39, 0.29) is 11.6 Å². The Morgan fingerprint density at radius 1 is 1.15 bits per heavy atom. The van der Waals surface area contributed by atoms with E-state index in [1.165, 1.54) is 6.20 Å². The number of H-pyrrole nitrogens is 1. The highest BCUT2D eigenvalue weighted by molar-refractivity contribution is 6.04. The summed E-state index contributed by atoms with van der Waals surface area (Å²) in [5.74, 6) is 0.447. The molecule has 0 unspecified atom stereocenters. The van der Waals surface area contributed by atoms with Crippen LogP contribution in [0.15, 0.2) is 54.7 Å². The van der Waals surface area contributed by atoms with E-state index in [4.69, 9.17) is 4.74 Å². The van der Waals surface area contributed by atoms with Gasteiger partial charge in [0.25, 0.3) is 5.91 Å². The quantitative estimate of drug-likeness (QED) is 0.581. The van der Waals surface area contributed by atoms with E-state index in [9.17, 15) is 4.79 Å². The van der Waals surface area contributed by atoms with Crippen LogP contribution in [0.3, 0.4) is 0 Å². The lowest BCUT2D eigenvalue weighted by molar-refractivity contribution is 0.102. The third kappa shape index (κ3) is 3.22. The second-order valence-electron chi connectivity index (χ2n) is 6.03. The molecule has 2 aromatic heterocycles. The molecule has 0 aliphatic carbocycles. The van der Waals surface area contributed by atoms with E-state index in [1.807, 2.05) is 55.5 Å². The van der Waals surface area contributed by atoms with Gasteiger partial charge in [-0.1, -0.05) is 18.2 Å². The van der Waals surface area contributed by atoms with Gasteiger partial charge in [-0.15, -0.1) is 0 Å². The highest BCUT2D eigenvalue weighted by Gasteiger charge is 2.16. The molecule has 2 N–H and O–H groups in total. The van der Waals surface area contributed by atoms with Crippen molar-refractivity contribution in [2.45, 2.75) is 6.92 Å². The van der Waals surface area contributed by atoms with Crippen LogP contribution < -0.4 is 10.1 Å². The van der Waals surface area contributed by atoms with E-state index in [0.29, 0.717) is 22.5 Å². The number of aromatic amines is 1. The van der Waals surface area contributed by atoms with Crippen molar-refractivity contribution in [3.63, 3.8) is 0 Å². The van der Waals surface area contributed by atoms with Crippen LogP contribution in [0.5, 0.6) is 5.75 Å². The number of hydrogen-bond acceptors (Lipinski definition) is 5. The normalized spacial score (nSPS) is 10.7. The smallest absolute Gasteiger partial charge is 0.275 e. The van der Waals surface area contributed by atoms with Crippen molar-refractivity contribution in [2.24, 2.45) is 0 Å². The first kappa shape index (κ1) is 16.7. The molecule has 7 heteroatoms. The molecule has 0 atom stereocenters. The van der Waals surface area contributed by atoms with Gasteiger partial charge in [-0.05, 0) is 42.8 Å². The molecule has 4 rings (SSSR count). The number of nitrogens with one attached hydrogen (secondary N) is 2. The zero-order valence-electron chi connectivity index (χ0n) is 14.9. The van der Waals surface area contributed by atoms with Crippen molar-refractivity contribution in [3.05, 3.63) is 66.0 Å². The van der Waals surface area contributed by atoms with Gasteiger partial charge in [0.05, 0.1) is 19.0 Å². The SMILES string of the molecule is COc1ccc(-c2[nH]nc3ncc(C(=O)Nc4ccccc4)nc23)c(C)c1. The van der Waals surface area contributed by atoms with Crippen LogP contribution in [0.1, 0.15) is 16.1 Å². The van der Waals surface area contributed by atoms with Crippen molar-refractivity contribution in [1.82, 2.24) is 20.2 Å². The van der Waals surface area contributed by atoms with Gasteiger partial charge in [0.15, 0.2) is 5.65 Å². The maximum atomic E-state index is 12.5. The Bertz CT molecular complexity index is 1120. The highest BCUT2D eigenvalue weighted by Crippen LogP contribution is 2.29. The summed E-state index contributed by atoms with van der Waals surface area (Å²) in [6.07, 6.45) is 1.42. The van der Waals surface area contributed by atoms with Gasteiger partial charge in [-0.3, -0.25) is 9.89 Å². The number of nitrogens with zero attached hydrogens (tertiary/aromatic N) is 3. The largest absolute Gasteiger partial charge is 0.497 e. The second kappa shape index (κ2) is 6.87. The van der Waals surface area contributed by atoms with Gasteiger partial charge in [0.2, 0.25) is 0 Å². The third-order valence-electron chi connectivity index (χ3n) is 4.23. The minimum absolute atomic E-state index is 0.222. The van der Waals surface area contributed by atoms with Gasteiger partial charge >= 0.3 is 0 Å². The molecule has 0 aliphatic rings. The molecule has 0 bridgehead atoms. The van der Waals surface area contributed by atoms with Crippen LogP contribution in [0.25, 0.3) is 22.4 Å². The third-order valence-corrected chi connectivity index (χ3v) is 4.23. The predicted octanol–water partition coefficient (Wildman–Crippen LogP) is 3.59. The van der Waals surface area contributed by atoms with E-state index in [2.05, 4.69) is 25.5 Å². The molecule has 0 saturated heterocycles. The summed E-state index contributed by atoms with van der Waals surface area (Å²) in [6.45, 7) is 1.98. The molecule has 0 radical (unpaired) electrons. The number of carbonyl (C=O) groups is 1. The molecule has 7 nitrogen and oxygen atoms in total. The predicted molar refractivity (Wildman–Crippen MR) is 103 cm³/mol. The Morgan fingerprint density at radius 3 is 2.70 bits per heavy atom. The number of anilines is 1. The first-order valence-corrected chi connectivity index (χ1v) is 8.38. The number of rotatable bonds is 4. The molecule has 0 spiro atoms. The molecule has 2 aromatic carbocycles. The van der Waals surface area contributed by atoms with E-state index in [1.54, 1.807) is 7.11 Å². The van der Waals surface area contributed by atoms with Crippen molar-refractivity contribution in [3.8, 4) is 17.0 Å². The summed E-state index contributed by atoms with van der Waals surface area (Å²) in [7, 11) is 1.63. The fraction of sp³-hybridized carbons (Fsp3) is 0.100. The Kier molecular flexibility index (Phi) is 4.25. The maximum Gasteiger partial charge on any atom is 0.275 e. The zero-order chi connectivity index (χ0) is 18.8. The fourth-order valence-electron chi connectivity index (χ4n) is 2.85. The van der Waals surface area contributed by atoms with E-state index < -0.39 is 0 Å². The van der Waals surface area contributed by atoms with Gasteiger partial charge in [0.1, 0.15) is 17.0 Å². The summed E-state index contributed by atoms with van der Waals surface area (Å²) >= 11 is 0. The molecule has 134 valence electrons. The summed E-state index contributed by atoms with van der Waals surface area (Å²) in [5, 5.41) is 9.99. The maximum absolute atomic E-state index is 12.5. The van der Waals surface area contributed by atoms with Gasteiger partial charge in [-0.25, -0.2) is 9.97 Å². The van der Waals surface area contributed by atoms with Crippen molar-refractivity contribution < 1.29 is 9.53 Å². The number of carbonyl (C=O) groups excluding carboxylic acids is 1. The second-order valence-corrected chi connectivity index (χ2v) is 6.03. The number of amides is 1. The molecule has 1 amide bonds. The Labute approximate surface area is 155 Å². The number of aromatic nitrogens is 4. The number of hydrogen-bond donors (Lipinski definition) is 2. The lowest BCUT2D eigenvalue weighted by Gasteiger charge is -2.07. The highest BCUT2D eigenvalue weighted by atomic mass is 16.5. The lowest BCUT2D eigenvalue weighted by Crippen LogP contribution is -2.14. The molecule has 0 saturated carbocycles. The summed E-state index contributed by atoms with van der Waals surface area (Å²) < 4.78 is 5.26. The molecule has 27 heavy (non-hydrogen) atoms. The first-order chi connectivity index (χ1) is 13.2. The average molecular weight is 359 g/mol. The number of fused-ring (bicyclic) bond motifs is 1. The molecule has 2 heterocycles. The van der Waals surface area contributed by atoms with Crippen LogP contribution in [0, 0.1) is 6.92 Å². The van der Waals surface area contributed by atoms with E-state index in [0.717, 1.165) is 16.9 Å². The van der Waals surface area contributed by atoms with Gasteiger partial charge in [0, 0.05) is 11.3 Å². The molecular weight excluding hydrogens is 342 g/mol. The summed E-state index contributed by atoms with van der Waals surface area (Å²) in [4.78, 5) is 21.3. The van der Waals surface area contributed by atoms with Crippen LogP contribution >= 0.6 is 0 Å². The molecule has 0 aliphatic heterocycles. The van der Waals surface area contributed by atoms with Gasteiger partial charge < -0.3 is 10.1 Å². The number of aryl methyl sites for hydroxylation is 1. The van der Waals surface area contributed by atoms with Crippen LogP contribution in [-0.4, -0.2) is 33.2 Å². The Hall–Kier alpha value is -3.74. The summed E-state index contributed by atoms with van der Waals surface area (Å²) in [6, 6.07) is 14.9. The average Bonchev–Trinajstić information content (AvgIpc) is 3.11. The molecule has 0 fully saturated rings. The first-order valence-electron chi connectivity index (χ1n) is 8.38. The van der Waals surface area contributed by atoms with Crippen LogP contribution in [0.2, 0.25) is 0 Å². The van der Waals surface area contributed by atoms with Gasteiger partial charge in [-0.2, -0.15) is 5.10 Å². The Balaban J connectivity index is 1.72. The fourth-order valence-corrected chi connectivity index (χ4v) is 2.85. The summed E-state index contributed by atoms with van der Waals surface area (Å²) in [5.41, 5.74) is 4.56. The van der Waals surface area contributed by atoms with Crippen molar-refractivity contribution >= 4 is 22.8 Å². The molecule has 4 aromatic rings. The topological polar surface area (TPSA) is 92.8 Å². The minimum atomic E-state index is -0.325. The Morgan fingerprint density at radius 2 is 1.96 bits per heavy atom. The van der Waals surface area contributed by atoms with Crippen LogP contribution in [-0.2, 0) is 0 Å². The van der Waals surface area contributed by atoms with Crippen molar-refractivity contribution in [1.29, 1.82) is 0 Å². The standard InChI is InChI=1S/C20H17N5O2/c1-12-10-14(27-2)8-9-15(12)17-18-19(25-24-17)21-11-16(23-18)20(26)22-13-6-4-3-5-7-13/h3-11H,1-2H3,(H,22,26)(H,21,24,25). The van der Waals surface area contributed by atoms with Crippen LogP contribution in [0.4, 0.5) is 5.69 Å². The number of benzene rings is 2. The van der Waals surface area contributed by atoms with E-state index >= 15 is 0 Å². The lowest BCUT2D eigenvalue weighted by atomic mass is 10.0. The zero-order valence-corrected chi connectivity index (χ0v) is 14.9. The monoisotopic (exact) mass is 359 g/mol. The number of methoxy groups -OCH3 is 1. The molecular formula is C20H17N5O2. The van der Waals surface area contributed by atoms with Crippen molar-refractivity contribution in [2.75, 3.05) is 12.4 Å². The number of para-hydroxylation sites is 1. The number of ether oxygens (including phenoxy) is 1. The minimum Gasteiger partial charge on any atom is -0.497 e.